The van der Waals surface area contributed by atoms with Crippen molar-refractivity contribution in [3.8, 4) is 5.75 Å². The van der Waals surface area contributed by atoms with Crippen molar-refractivity contribution in [2.45, 2.75) is 39.5 Å². The van der Waals surface area contributed by atoms with Crippen molar-refractivity contribution in [1.82, 2.24) is 9.88 Å². The number of pyridine rings is 1. The maximum absolute atomic E-state index is 13.4. The lowest BCUT2D eigenvalue weighted by Gasteiger charge is -2.35. The van der Waals surface area contributed by atoms with Gasteiger partial charge in [-0.3, -0.25) is 19.5 Å². The summed E-state index contributed by atoms with van der Waals surface area (Å²) < 4.78 is 11.3. The Balaban J connectivity index is 1.61. The number of fused-ring (bicyclic) bond motifs is 1. The van der Waals surface area contributed by atoms with Crippen molar-refractivity contribution < 1.29 is 18.7 Å². The summed E-state index contributed by atoms with van der Waals surface area (Å²) in [5.74, 6) is 0.927. The molecule has 2 amide bonds. The summed E-state index contributed by atoms with van der Waals surface area (Å²) in [5.41, 5.74) is 2.57. The molecule has 1 atom stereocenters. The number of hydrogen-bond donors (Lipinski definition) is 0. The number of hydrogen-bond acceptors (Lipinski definition) is 5. The average molecular weight is 419 g/mol. The van der Waals surface area contributed by atoms with Gasteiger partial charge in [0, 0.05) is 18.9 Å². The Labute approximate surface area is 181 Å². The highest BCUT2D eigenvalue weighted by atomic mass is 16.5. The molecule has 31 heavy (non-hydrogen) atoms. The molecule has 0 aliphatic carbocycles. The molecule has 3 aromatic rings. The first-order valence-corrected chi connectivity index (χ1v) is 10.3. The van der Waals surface area contributed by atoms with E-state index < -0.39 is 6.10 Å². The summed E-state index contributed by atoms with van der Waals surface area (Å²) in [6.45, 7) is 4.47. The van der Waals surface area contributed by atoms with Crippen molar-refractivity contribution >= 4 is 17.5 Å². The van der Waals surface area contributed by atoms with Crippen LogP contribution in [0.3, 0.4) is 0 Å². The Morgan fingerprint density at radius 3 is 2.68 bits per heavy atom. The number of benzene rings is 1. The van der Waals surface area contributed by atoms with Gasteiger partial charge in [0.15, 0.2) is 6.10 Å². The van der Waals surface area contributed by atoms with Gasteiger partial charge in [0.1, 0.15) is 18.1 Å². The molecule has 0 N–H and O–H groups in total. The number of carbonyl (C=O) groups is 2. The number of aromatic nitrogens is 1. The molecule has 0 bridgehead atoms. The van der Waals surface area contributed by atoms with Crippen molar-refractivity contribution in [3.63, 3.8) is 0 Å². The van der Waals surface area contributed by atoms with Gasteiger partial charge in [0.25, 0.3) is 5.91 Å². The number of nitrogens with zero attached hydrogens (tertiary/aromatic N) is 3. The van der Waals surface area contributed by atoms with Gasteiger partial charge in [-0.2, -0.15) is 0 Å². The quantitative estimate of drug-likeness (QED) is 0.583. The Morgan fingerprint density at radius 1 is 1.16 bits per heavy atom. The minimum Gasteiger partial charge on any atom is -0.478 e. The van der Waals surface area contributed by atoms with Crippen LogP contribution < -0.4 is 9.64 Å². The van der Waals surface area contributed by atoms with Crippen LogP contribution in [0.15, 0.2) is 65.5 Å². The number of anilines is 1. The van der Waals surface area contributed by atoms with E-state index in [0.29, 0.717) is 36.7 Å². The predicted molar refractivity (Wildman–Crippen MR) is 115 cm³/mol. The minimum absolute atomic E-state index is 0.0685. The Bertz CT molecular complexity index is 1050. The molecule has 0 fully saturated rings. The first kappa shape index (κ1) is 20.7. The third kappa shape index (κ3) is 4.60. The molecule has 0 radical (unpaired) electrons. The Hall–Kier alpha value is -3.61. The monoisotopic (exact) mass is 419 g/mol. The number of amides is 2. The van der Waals surface area contributed by atoms with E-state index in [1.165, 1.54) is 0 Å². The fourth-order valence-electron chi connectivity index (χ4n) is 3.62. The number of rotatable bonds is 7. The van der Waals surface area contributed by atoms with Crippen molar-refractivity contribution in [2.75, 3.05) is 11.4 Å². The Kier molecular flexibility index (Phi) is 6.02. The smallest absolute Gasteiger partial charge is 0.268 e. The second-order valence-electron chi connectivity index (χ2n) is 7.59. The van der Waals surface area contributed by atoms with Crippen LogP contribution >= 0.6 is 0 Å². The van der Waals surface area contributed by atoms with E-state index in [0.717, 1.165) is 11.1 Å². The lowest BCUT2D eigenvalue weighted by molar-refractivity contribution is -0.134. The molecule has 7 nitrogen and oxygen atoms in total. The van der Waals surface area contributed by atoms with Crippen LogP contribution in [0.4, 0.5) is 5.69 Å². The highest BCUT2D eigenvalue weighted by Crippen LogP contribution is 2.35. The van der Waals surface area contributed by atoms with Crippen molar-refractivity contribution in [1.29, 1.82) is 0 Å². The standard InChI is InChI=1S/C24H25N3O4/c1-3-21-24(29)27(20-13-17(2)6-7-22(20)31-21)16-23(28)26(15-19-5-4-12-30-19)14-18-8-10-25-11-9-18/h4-13,21H,3,14-16H2,1-2H3/t21-/m1/s1. The summed E-state index contributed by atoms with van der Waals surface area (Å²) in [5, 5.41) is 0. The summed E-state index contributed by atoms with van der Waals surface area (Å²) in [6, 6.07) is 13.0. The molecular formula is C24H25N3O4. The van der Waals surface area contributed by atoms with Crippen molar-refractivity contribution in [3.05, 3.63) is 78.0 Å². The van der Waals surface area contributed by atoms with Crippen molar-refractivity contribution in [2.24, 2.45) is 0 Å². The molecule has 0 unspecified atom stereocenters. The molecule has 1 aliphatic rings. The molecule has 160 valence electrons. The summed E-state index contributed by atoms with van der Waals surface area (Å²) in [4.78, 5) is 33.8. The zero-order chi connectivity index (χ0) is 21.8. The molecule has 7 heteroatoms. The number of carbonyl (C=O) groups excluding carboxylic acids is 2. The molecule has 0 spiro atoms. The normalized spacial score (nSPS) is 15.4. The summed E-state index contributed by atoms with van der Waals surface area (Å²) >= 11 is 0. The molecular weight excluding hydrogens is 394 g/mol. The topological polar surface area (TPSA) is 75.9 Å². The highest BCUT2D eigenvalue weighted by molar-refractivity contribution is 6.03. The van der Waals surface area contributed by atoms with Crippen LogP contribution in [-0.2, 0) is 22.7 Å². The van der Waals surface area contributed by atoms with Gasteiger partial charge in [-0.05, 0) is 60.9 Å². The molecule has 2 aromatic heterocycles. The first-order chi connectivity index (χ1) is 15.0. The third-order valence-corrected chi connectivity index (χ3v) is 5.28. The van der Waals surface area contributed by atoms with Crippen LogP contribution in [-0.4, -0.2) is 34.3 Å². The van der Waals surface area contributed by atoms with E-state index in [2.05, 4.69) is 4.98 Å². The molecule has 0 saturated carbocycles. The minimum atomic E-state index is -0.596. The van der Waals surface area contributed by atoms with Gasteiger partial charge < -0.3 is 14.1 Å². The van der Waals surface area contributed by atoms with E-state index in [1.54, 1.807) is 34.5 Å². The zero-order valence-electron chi connectivity index (χ0n) is 17.7. The number of furan rings is 1. The summed E-state index contributed by atoms with van der Waals surface area (Å²) in [7, 11) is 0. The largest absolute Gasteiger partial charge is 0.478 e. The average Bonchev–Trinajstić information content (AvgIpc) is 3.29. The van der Waals surface area contributed by atoms with Gasteiger partial charge in [-0.15, -0.1) is 0 Å². The number of ether oxygens (including phenoxy) is 1. The van der Waals surface area contributed by atoms with Crippen LogP contribution in [0, 0.1) is 6.92 Å². The summed E-state index contributed by atoms with van der Waals surface area (Å²) in [6.07, 6.45) is 4.91. The van der Waals surface area contributed by atoms with Crippen LogP contribution in [0.25, 0.3) is 0 Å². The van der Waals surface area contributed by atoms with Gasteiger partial charge in [0.2, 0.25) is 5.91 Å². The third-order valence-electron chi connectivity index (χ3n) is 5.28. The van der Waals surface area contributed by atoms with E-state index in [1.807, 2.05) is 50.2 Å². The fraction of sp³-hybridized carbons (Fsp3) is 0.292. The van der Waals surface area contributed by atoms with Gasteiger partial charge >= 0.3 is 0 Å². The molecule has 0 saturated heterocycles. The second-order valence-corrected chi connectivity index (χ2v) is 7.59. The van der Waals surface area contributed by atoms with E-state index in [-0.39, 0.29) is 18.4 Å². The first-order valence-electron chi connectivity index (χ1n) is 10.3. The SMILES string of the molecule is CC[C@H]1Oc2ccc(C)cc2N(CC(=O)N(Cc2ccncc2)Cc2ccco2)C1=O. The van der Waals surface area contributed by atoms with Crippen LogP contribution in [0.1, 0.15) is 30.2 Å². The molecule has 4 rings (SSSR count). The van der Waals surface area contributed by atoms with Crippen LogP contribution in [0.5, 0.6) is 5.75 Å². The predicted octanol–water partition coefficient (Wildman–Crippen LogP) is 3.72. The maximum Gasteiger partial charge on any atom is 0.268 e. The number of aryl methyl sites for hydroxylation is 1. The second kappa shape index (κ2) is 9.04. The molecule has 1 aliphatic heterocycles. The maximum atomic E-state index is 13.4. The van der Waals surface area contributed by atoms with Gasteiger partial charge in [-0.1, -0.05) is 13.0 Å². The van der Waals surface area contributed by atoms with Crippen LogP contribution in [0.2, 0.25) is 0 Å². The highest BCUT2D eigenvalue weighted by Gasteiger charge is 2.35. The molecule has 3 heterocycles. The fourth-order valence-corrected chi connectivity index (χ4v) is 3.62. The van der Waals surface area contributed by atoms with Gasteiger partial charge in [-0.25, -0.2) is 0 Å². The van der Waals surface area contributed by atoms with E-state index in [9.17, 15) is 9.59 Å². The lowest BCUT2D eigenvalue weighted by atomic mass is 10.1. The van der Waals surface area contributed by atoms with E-state index >= 15 is 0 Å². The lowest BCUT2D eigenvalue weighted by Crippen LogP contribution is -2.50. The van der Waals surface area contributed by atoms with Gasteiger partial charge in [0.05, 0.1) is 18.5 Å². The Morgan fingerprint density at radius 2 is 1.97 bits per heavy atom. The van der Waals surface area contributed by atoms with E-state index in [4.69, 9.17) is 9.15 Å². The zero-order valence-corrected chi connectivity index (χ0v) is 17.7. The molecule has 1 aromatic carbocycles.